The lowest BCUT2D eigenvalue weighted by molar-refractivity contribution is 0.108. The highest BCUT2D eigenvalue weighted by Crippen LogP contribution is 2.27. The van der Waals surface area contributed by atoms with Gasteiger partial charge in [0.05, 0.1) is 15.6 Å². The molecule has 1 rings (SSSR count). The summed E-state index contributed by atoms with van der Waals surface area (Å²) in [5, 5.41) is 0.759. The Balaban J connectivity index is 3.05. The van der Waals surface area contributed by atoms with Crippen LogP contribution in [0.4, 0.5) is 0 Å². The summed E-state index contributed by atoms with van der Waals surface area (Å²) in [6.07, 6.45) is 0. The molecule has 13 heavy (non-hydrogen) atoms. The number of halogens is 2. The summed E-state index contributed by atoms with van der Waals surface area (Å²) in [5.41, 5.74) is 0.415. The van der Waals surface area contributed by atoms with Gasteiger partial charge in [0, 0.05) is 0 Å². The fraction of sp³-hybridized carbons (Fsp3) is 0.222. The van der Waals surface area contributed by atoms with Crippen molar-refractivity contribution in [3.63, 3.8) is 0 Å². The van der Waals surface area contributed by atoms with E-state index in [-0.39, 0.29) is 5.12 Å². The van der Waals surface area contributed by atoms with Gasteiger partial charge in [-0.2, -0.15) is 0 Å². The molecule has 0 unspecified atom stereocenters. The van der Waals surface area contributed by atoms with Gasteiger partial charge < -0.3 is 0 Å². The van der Waals surface area contributed by atoms with E-state index in [4.69, 9.17) is 23.2 Å². The Hall–Kier alpha value is -0.180. The standard InChI is InChI=1S/C9H8Cl2OS/c1-2-13-9(12)8-6(10)4-3-5-7(8)11/h3-5H,2H2,1H3. The van der Waals surface area contributed by atoms with Gasteiger partial charge in [-0.05, 0) is 17.9 Å². The molecule has 0 bridgehead atoms. The van der Waals surface area contributed by atoms with Crippen molar-refractivity contribution in [3.05, 3.63) is 33.8 Å². The lowest BCUT2D eigenvalue weighted by Crippen LogP contribution is -1.96. The van der Waals surface area contributed by atoms with E-state index in [1.807, 2.05) is 6.92 Å². The number of carbonyl (C=O) groups excluding carboxylic acids is 1. The van der Waals surface area contributed by atoms with E-state index >= 15 is 0 Å². The van der Waals surface area contributed by atoms with Crippen LogP contribution in [0.3, 0.4) is 0 Å². The lowest BCUT2D eigenvalue weighted by atomic mass is 10.2. The first kappa shape index (κ1) is 10.9. The Labute approximate surface area is 91.4 Å². The molecule has 1 aromatic carbocycles. The number of carbonyl (C=O) groups is 1. The van der Waals surface area contributed by atoms with Gasteiger partial charge in [0.15, 0.2) is 0 Å². The highest BCUT2D eigenvalue weighted by molar-refractivity contribution is 8.14. The summed E-state index contributed by atoms with van der Waals surface area (Å²) in [4.78, 5) is 11.5. The average Bonchev–Trinajstić information content (AvgIpc) is 2.04. The fourth-order valence-electron chi connectivity index (χ4n) is 0.896. The van der Waals surface area contributed by atoms with E-state index in [0.29, 0.717) is 15.6 Å². The van der Waals surface area contributed by atoms with Crippen LogP contribution in [0.5, 0.6) is 0 Å². The molecule has 0 aliphatic carbocycles. The Bertz CT molecular complexity index is 305. The first-order valence-electron chi connectivity index (χ1n) is 3.78. The molecule has 0 N–H and O–H groups in total. The van der Waals surface area contributed by atoms with Crippen molar-refractivity contribution < 1.29 is 4.79 Å². The minimum atomic E-state index is -0.0712. The number of rotatable bonds is 2. The van der Waals surface area contributed by atoms with Crippen molar-refractivity contribution in [3.8, 4) is 0 Å². The van der Waals surface area contributed by atoms with Crippen LogP contribution in [0.1, 0.15) is 17.3 Å². The second-order valence-corrected chi connectivity index (χ2v) is 4.37. The predicted molar refractivity (Wildman–Crippen MR) is 58.9 cm³/mol. The minimum Gasteiger partial charge on any atom is -0.281 e. The molecule has 0 spiro atoms. The Morgan fingerprint density at radius 2 is 1.92 bits per heavy atom. The molecular formula is C9H8Cl2OS. The molecule has 0 amide bonds. The van der Waals surface area contributed by atoms with Crippen LogP contribution in [-0.4, -0.2) is 10.9 Å². The molecular weight excluding hydrogens is 227 g/mol. The molecule has 0 saturated carbocycles. The first-order chi connectivity index (χ1) is 6.16. The van der Waals surface area contributed by atoms with Crippen LogP contribution in [-0.2, 0) is 0 Å². The fourth-order valence-corrected chi connectivity index (χ4v) is 2.20. The third-order valence-electron chi connectivity index (χ3n) is 1.44. The zero-order valence-corrected chi connectivity index (χ0v) is 9.34. The summed E-state index contributed by atoms with van der Waals surface area (Å²) in [6.45, 7) is 1.91. The Morgan fingerprint density at radius 1 is 1.38 bits per heavy atom. The van der Waals surface area contributed by atoms with Crippen molar-refractivity contribution in [2.75, 3.05) is 5.75 Å². The summed E-state index contributed by atoms with van der Waals surface area (Å²) < 4.78 is 0. The van der Waals surface area contributed by atoms with Gasteiger partial charge in [0.2, 0.25) is 5.12 Å². The Morgan fingerprint density at radius 3 is 2.38 bits per heavy atom. The van der Waals surface area contributed by atoms with Crippen LogP contribution in [0, 0.1) is 0 Å². The van der Waals surface area contributed by atoms with Crippen LogP contribution < -0.4 is 0 Å². The zero-order chi connectivity index (χ0) is 9.84. The van der Waals surface area contributed by atoms with Crippen molar-refractivity contribution >= 4 is 40.1 Å². The topological polar surface area (TPSA) is 17.1 Å². The molecule has 1 nitrogen and oxygen atoms in total. The number of hydrogen-bond acceptors (Lipinski definition) is 2. The number of thioether (sulfide) groups is 1. The van der Waals surface area contributed by atoms with Crippen molar-refractivity contribution in [1.82, 2.24) is 0 Å². The van der Waals surface area contributed by atoms with E-state index in [0.717, 1.165) is 5.75 Å². The van der Waals surface area contributed by atoms with Crippen LogP contribution in [0.25, 0.3) is 0 Å². The monoisotopic (exact) mass is 234 g/mol. The summed E-state index contributed by atoms with van der Waals surface area (Å²) >= 11 is 12.9. The third kappa shape index (κ3) is 2.63. The lowest BCUT2D eigenvalue weighted by Gasteiger charge is -2.03. The average molecular weight is 235 g/mol. The summed E-state index contributed by atoms with van der Waals surface area (Å²) in [7, 11) is 0. The van der Waals surface area contributed by atoms with Crippen molar-refractivity contribution in [2.45, 2.75) is 6.92 Å². The SMILES string of the molecule is CCSC(=O)c1c(Cl)cccc1Cl. The molecule has 0 aromatic heterocycles. The predicted octanol–water partition coefficient (Wildman–Crippen LogP) is 3.89. The van der Waals surface area contributed by atoms with Crippen LogP contribution in [0.15, 0.2) is 18.2 Å². The first-order valence-corrected chi connectivity index (χ1v) is 5.52. The van der Waals surface area contributed by atoms with Gasteiger partial charge >= 0.3 is 0 Å². The van der Waals surface area contributed by atoms with Crippen LogP contribution in [0.2, 0.25) is 10.0 Å². The van der Waals surface area contributed by atoms with Gasteiger partial charge in [-0.25, -0.2) is 0 Å². The molecule has 70 valence electrons. The molecule has 1 aromatic rings. The maximum Gasteiger partial charge on any atom is 0.222 e. The number of benzene rings is 1. The van der Waals surface area contributed by atoms with Gasteiger partial charge in [-0.15, -0.1) is 0 Å². The Kier molecular flexibility index (Phi) is 4.10. The summed E-state index contributed by atoms with van der Waals surface area (Å²) in [6, 6.07) is 5.05. The minimum absolute atomic E-state index is 0.0712. The summed E-state index contributed by atoms with van der Waals surface area (Å²) in [5.74, 6) is 0.723. The maximum absolute atomic E-state index is 11.5. The normalized spacial score (nSPS) is 10.1. The quantitative estimate of drug-likeness (QED) is 0.773. The molecule has 0 atom stereocenters. The molecule has 0 heterocycles. The van der Waals surface area contributed by atoms with Gasteiger partial charge in [0.1, 0.15) is 0 Å². The maximum atomic E-state index is 11.5. The van der Waals surface area contributed by atoms with Gasteiger partial charge in [0.25, 0.3) is 0 Å². The molecule has 4 heteroatoms. The van der Waals surface area contributed by atoms with Crippen LogP contribution >= 0.6 is 35.0 Å². The van der Waals surface area contributed by atoms with Crippen molar-refractivity contribution in [1.29, 1.82) is 0 Å². The smallest absolute Gasteiger partial charge is 0.222 e. The second kappa shape index (κ2) is 4.89. The third-order valence-corrected chi connectivity index (χ3v) is 2.83. The van der Waals surface area contributed by atoms with E-state index < -0.39 is 0 Å². The van der Waals surface area contributed by atoms with E-state index in [2.05, 4.69) is 0 Å². The van der Waals surface area contributed by atoms with Gasteiger partial charge in [-0.1, -0.05) is 48.0 Å². The molecule has 0 aliphatic rings. The zero-order valence-electron chi connectivity index (χ0n) is 7.01. The molecule has 0 radical (unpaired) electrons. The second-order valence-electron chi connectivity index (χ2n) is 2.32. The highest BCUT2D eigenvalue weighted by atomic mass is 35.5. The largest absolute Gasteiger partial charge is 0.281 e. The van der Waals surface area contributed by atoms with E-state index in [1.54, 1.807) is 18.2 Å². The molecule has 0 fully saturated rings. The molecule has 0 saturated heterocycles. The van der Waals surface area contributed by atoms with E-state index in [9.17, 15) is 4.79 Å². The van der Waals surface area contributed by atoms with Crippen molar-refractivity contribution in [2.24, 2.45) is 0 Å². The van der Waals surface area contributed by atoms with Gasteiger partial charge in [-0.3, -0.25) is 4.79 Å². The highest BCUT2D eigenvalue weighted by Gasteiger charge is 2.13. The molecule has 0 aliphatic heterocycles. The number of hydrogen-bond donors (Lipinski definition) is 0. The van der Waals surface area contributed by atoms with E-state index in [1.165, 1.54) is 11.8 Å².